The van der Waals surface area contributed by atoms with Crippen molar-refractivity contribution in [1.82, 2.24) is 4.98 Å². The van der Waals surface area contributed by atoms with Gasteiger partial charge in [-0.25, -0.2) is 9.78 Å². The maximum atomic E-state index is 11.6. The lowest BCUT2D eigenvalue weighted by Gasteiger charge is -2.00. The molecule has 0 saturated carbocycles. The standard InChI is InChI=1S/C14H13Cl2N3O2S/c1-3-11-12(13(20)21-2)22-14(18-11)19-17-7-8-9(15)5-4-6-10(8)16/h4-7H,3H2,1-2H3,(H,18,19)/b17-7-. The smallest absolute Gasteiger partial charge is 0.350 e. The quantitative estimate of drug-likeness (QED) is 0.493. The predicted octanol–water partition coefficient (Wildman–Crippen LogP) is 4.24. The monoisotopic (exact) mass is 357 g/mol. The molecule has 2 aromatic rings. The number of hydrogen-bond acceptors (Lipinski definition) is 6. The van der Waals surface area contributed by atoms with Gasteiger partial charge in [-0.2, -0.15) is 5.10 Å². The molecule has 0 radical (unpaired) electrons. The number of carbonyl (C=O) groups is 1. The molecule has 1 N–H and O–H groups in total. The second kappa shape index (κ2) is 7.58. The second-order valence-corrected chi connectivity index (χ2v) is 5.96. The van der Waals surface area contributed by atoms with Crippen LogP contribution >= 0.6 is 34.5 Å². The van der Waals surface area contributed by atoms with E-state index in [9.17, 15) is 4.79 Å². The number of halogens is 2. The van der Waals surface area contributed by atoms with Gasteiger partial charge in [0.05, 0.1) is 29.1 Å². The van der Waals surface area contributed by atoms with Crippen LogP contribution in [0.3, 0.4) is 0 Å². The second-order valence-electron chi connectivity index (χ2n) is 4.15. The van der Waals surface area contributed by atoms with E-state index in [0.717, 1.165) is 0 Å². The minimum Gasteiger partial charge on any atom is -0.465 e. The van der Waals surface area contributed by atoms with Gasteiger partial charge in [0.1, 0.15) is 4.88 Å². The van der Waals surface area contributed by atoms with Crippen LogP contribution in [0, 0.1) is 0 Å². The van der Waals surface area contributed by atoms with Gasteiger partial charge in [0.25, 0.3) is 0 Å². The lowest BCUT2D eigenvalue weighted by Crippen LogP contribution is -2.01. The van der Waals surface area contributed by atoms with Crippen LogP contribution in [0.25, 0.3) is 0 Å². The predicted molar refractivity (Wildman–Crippen MR) is 90.5 cm³/mol. The number of hydrogen-bond donors (Lipinski definition) is 1. The fourth-order valence-electron chi connectivity index (χ4n) is 1.68. The van der Waals surface area contributed by atoms with Crippen molar-refractivity contribution < 1.29 is 9.53 Å². The summed E-state index contributed by atoms with van der Waals surface area (Å²) in [6.07, 6.45) is 2.14. The number of nitrogens with zero attached hydrogens (tertiary/aromatic N) is 2. The minimum absolute atomic E-state index is 0.402. The normalized spacial score (nSPS) is 10.9. The maximum Gasteiger partial charge on any atom is 0.350 e. The van der Waals surface area contributed by atoms with Crippen LogP contribution in [0.1, 0.15) is 27.9 Å². The molecule has 0 atom stereocenters. The molecule has 0 amide bonds. The lowest BCUT2D eigenvalue weighted by molar-refractivity contribution is 0.0605. The number of hydrazone groups is 1. The molecule has 0 aliphatic carbocycles. The van der Waals surface area contributed by atoms with Crippen molar-refractivity contribution in [2.45, 2.75) is 13.3 Å². The fourth-order valence-corrected chi connectivity index (χ4v) is 3.09. The van der Waals surface area contributed by atoms with E-state index in [1.165, 1.54) is 24.7 Å². The molecule has 1 aromatic carbocycles. The Morgan fingerprint density at radius 2 is 2.14 bits per heavy atom. The van der Waals surface area contributed by atoms with Crippen LogP contribution in [-0.4, -0.2) is 24.3 Å². The van der Waals surface area contributed by atoms with E-state index < -0.39 is 5.97 Å². The third-order valence-corrected chi connectivity index (χ3v) is 4.40. The van der Waals surface area contributed by atoms with Crippen LogP contribution in [0.2, 0.25) is 10.0 Å². The summed E-state index contributed by atoms with van der Waals surface area (Å²) in [6, 6.07) is 5.21. The highest BCUT2D eigenvalue weighted by Crippen LogP contribution is 2.25. The number of carbonyl (C=O) groups excluding carboxylic acids is 1. The first kappa shape index (κ1) is 16.7. The first-order valence-corrected chi connectivity index (χ1v) is 7.95. The van der Waals surface area contributed by atoms with E-state index >= 15 is 0 Å². The Bertz CT molecular complexity index is 696. The number of anilines is 1. The summed E-state index contributed by atoms with van der Waals surface area (Å²) in [6.45, 7) is 1.91. The molecule has 2 rings (SSSR count). The van der Waals surface area contributed by atoms with E-state index in [1.54, 1.807) is 18.2 Å². The summed E-state index contributed by atoms with van der Waals surface area (Å²) in [4.78, 5) is 16.4. The van der Waals surface area contributed by atoms with Crippen LogP contribution in [0.15, 0.2) is 23.3 Å². The molecule has 0 saturated heterocycles. The van der Waals surface area contributed by atoms with Crippen LogP contribution in [0.5, 0.6) is 0 Å². The molecule has 1 aromatic heterocycles. The average Bonchev–Trinajstić information content (AvgIpc) is 2.92. The van der Waals surface area contributed by atoms with E-state index in [1.807, 2.05) is 6.92 Å². The van der Waals surface area contributed by atoms with E-state index in [4.69, 9.17) is 27.9 Å². The highest BCUT2D eigenvalue weighted by Gasteiger charge is 2.17. The number of methoxy groups -OCH3 is 1. The summed E-state index contributed by atoms with van der Waals surface area (Å²) in [5, 5.41) is 5.56. The van der Waals surface area contributed by atoms with Gasteiger partial charge in [-0.1, -0.05) is 47.5 Å². The van der Waals surface area contributed by atoms with Gasteiger partial charge in [-0.3, -0.25) is 5.43 Å². The number of rotatable bonds is 5. The molecule has 0 fully saturated rings. The molecular weight excluding hydrogens is 345 g/mol. The minimum atomic E-state index is -0.402. The number of benzene rings is 1. The van der Waals surface area contributed by atoms with E-state index in [2.05, 4.69) is 15.5 Å². The number of nitrogens with one attached hydrogen (secondary N) is 1. The highest BCUT2D eigenvalue weighted by molar-refractivity contribution is 7.17. The van der Waals surface area contributed by atoms with Gasteiger partial charge >= 0.3 is 5.97 Å². The molecule has 8 heteroatoms. The van der Waals surface area contributed by atoms with Crippen molar-refractivity contribution in [1.29, 1.82) is 0 Å². The van der Waals surface area contributed by atoms with Crippen molar-refractivity contribution >= 4 is 51.9 Å². The summed E-state index contributed by atoms with van der Waals surface area (Å²) in [5.41, 5.74) is 4.06. The molecule has 0 spiro atoms. The summed E-state index contributed by atoms with van der Waals surface area (Å²) in [5.74, 6) is -0.402. The first-order chi connectivity index (χ1) is 10.6. The molecule has 0 bridgehead atoms. The van der Waals surface area contributed by atoms with Gasteiger partial charge in [-0.05, 0) is 18.6 Å². The summed E-state index contributed by atoms with van der Waals surface area (Å²) < 4.78 is 4.73. The number of ether oxygens (including phenoxy) is 1. The Morgan fingerprint density at radius 3 is 2.73 bits per heavy atom. The number of thiazole rings is 1. The van der Waals surface area contributed by atoms with Crippen molar-refractivity contribution in [3.63, 3.8) is 0 Å². The van der Waals surface area contributed by atoms with Gasteiger partial charge in [-0.15, -0.1) is 0 Å². The van der Waals surface area contributed by atoms with Gasteiger partial charge < -0.3 is 4.74 Å². The molecule has 1 heterocycles. The van der Waals surface area contributed by atoms with Crippen LogP contribution in [0.4, 0.5) is 5.13 Å². The van der Waals surface area contributed by atoms with Crippen LogP contribution < -0.4 is 5.43 Å². The average molecular weight is 358 g/mol. The topological polar surface area (TPSA) is 63.6 Å². The Morgan fingerprint density at radius 1 is 1.45 bits per heavy atom. The maximum absolute atomic E-state index is 11.6. The number of aromatic nitrogens is 1. The molecule has 0 aliphatic heterocycles. The zero-order valence-corrected chi connectivity index (χ0v) is 14.2. The molecular formula is C14H13Cl2N3O2S. The Labute approximate surface area is 141 Å². The van der Waals surface area contributed by atoms with E-state index in [-0.39, 0.29) is 0 Å². The third kappa shape index (κ3) is 3.76. The Kier molecular flexibility index (Phi) is 5.76. The Balaban J connectivity index is 2.16. The lowest BCUT2D eigenvalue weighted by atomic mass is 10.2. The Hall–Kier alpha value is -1.63. The number of aryl methyl sites for hydroxylation is 1. The van der Waals surface area contributed by atoms with Crippen LogP contribution in [-0.2, 0) is 11.2 Å². The zero-order valence-electron chi connectivity index (χ0n) is 11.9. The highest BCUT2D eigenvalue weighted by atomic mass is 35.5. The molecule has 0 aliphatic rings. The molecule has 5 nitrogen and oxygen atoms in total. The van der Waals surface area contributed by atoms with Crippen molar-refractivity contribution in [2.24, 2.45) is 5.10 Å². The van der Waals surface area contributed by atoms with E-state index in [0.29, 0.717) is 37.7 Å². The largest absolute Gasteiger partial charge is 0.465 e. The summed E-state index contributed by atoms with van der Waals surface area (Å²) >= 11 is 13.3. The SMILES string of the molecule is CCc1nc(N/N=C\c2c(Cl)cccc2Cl)sc1C(=O)OC. The van der Waals surface area contributed by atoms with Crippen molar-refractivity contribution in [3.8, 4) is 0 Å². The first-order valence-electron chi connectivity index (χ1n) is 6.38. The fraction of sp³-hybridized carbons (Fsp3) is 0.214. The van der Waals surface area contributed by atoms with Gasteiger partial charge in [0, 0.05) is 5.56 Å². The molecule has 0 unspecified atom stereocenters. The van der Waals surface area contributed by atoms with Gasteiger partial charge in [0.15, 0.2) is 0 Å². The third-order valence-electron chi connectivity index (χ3n) is 2.76. The number of esters is 1. The zero-order chi connectivity index (χ0) is 16.1. The molecule has 22 heavy (non-hydrogen) atoms. The van der Waals surface area contributed by atoms with Crippen molar-refractivity contribution in [3.05, 3.63) is 44.4 Å². The van der Waals surface area contributed by atoms with Crippen molar-refractivity contribution in [2.75, 3.05) is 12.5 Å². The van der Waals surface area contributed by atoms with Gasteiger partial charge in [0.2, 0.25) is 5.13 Å². The summed E-state index contributed by atoms with van der Waals surface area (Å²) in [7, 11) is 1.34. The molecule has 116 valence electrons.